The Kier molecular flexibility index (Phi) is 3.38. The monoisotopic (exact) mass is 246 g/mol. The molecule has 0 saturated carbocycles. The fraction of sp³-hybridized carbons (Fsp3) is 0.250. The van der Waals surface area contributed by atoms with Crippen molar-refractivity contribution < 1.29 is 9.90 Å². The number of hydrogen-bond acceptors (Lipinski definition) is 4. The molecule has 6 nitrogen and oxygen atoms in total. The number of nitrogens with zero attached hydrogens (tertiary/aromatic N) is 3. The van der Waals surface area contributed by atoms with Crippen LogP contribution in [0.4, 0.5) is 5.82 Å². The summed E-state index contributed by atoms with van der Waals surface area (Å²) in [6.07, 6.45) is 3.54. The van der Waals surface area contributed by atoms with Gasteiger partial charge in [-0.15, -0.1) is 0 Å². The minimum atomic E-state index is -0.197. The van der Waals surface area contributed by atoms with Crippen molar-refractivity contribution in [1.82, 2.24) is 14.8 Å². The van der Waals surface area contributed by atoms with E-state index >= 15 is 0 Å². The molecule has 2 aromatic rings. The maximum Gasteiger partial charge on any atom is 0.222 e. The molecule has 0 unspecified atom stereocenters. The summed E-state index contributed by atoms with van der Waals surface area (Å²) >= 11 is 0. The molecule has 0 bridgehead atoms. The van der Waals surface area contributed by atoms with Gasteiger partial charge in [0.15, 0.2) is 0 Å². The summed E-state index contributed by atoms with van der Waals surface area (Å²) < 4.78 is 1.68. The average Bonchev–Trinajstić information content (AvgIpc) is 2.74. The van der Waals surface area contributed by atoms with Crippen LogP contribution in [-0.4, -0.2) is 25.8 Å². The maximum atomic E-state index is 10.9. The summed E-state index contributed by atoms with van der Waals surface area (Å²) in [5, 5.41) is 16.0. The SMILES string of the molecule is CC(=O)Nc1ccc(-c2cnn(C)c2)c(CO)n1. The van der Waals surface area contributed by atoms with Crippen LogP contribution in [0.1, 0.15) is 12.6 Å². The van der Waals surface area contributed by atoms with Gasteiger partial charge in [-0.05, 0) is 12.1 Å². The van der Waals surface area contributed by atoms with Gasteiger partial charge in [0.05, 0.1) is 18.5 Å². The van der Waals surface area contributed by atoms with Gasteiger partial charge in [-0.3, -0.25) is 9.48 Å². The van der Waals surface area contributed by atoms with E-state index in [1.54, 1.807) is 23.0 Å². The molecule has 2 aromatic heterocycles. The second-order valence-corrected chi connectivity index (χ2v) is 3.93. The lowest BCUT2D eigenvalue weighted by atomic mass is 10.1. The van der Waals surface area contributed by atoms with Gasteiger partial charge in [-0.1, -0.05) is 0 Å². The number of nitrogens with one attached hydrogen (secondary N) is 1. The Labute approximate surface area is 104 Å². The Morgan fingerprint density at radius 1 is 1.50 bits per heavy atom. The first-order chi connectivity index (χ1) is 8.60. The zero-order valence-corrected chi connectivity index (χ0v) is 10.2. The van der Waals surface area contributed by atoms with E-state index in [0.29, 0.717) is 11.5 Å². The number of aryl methyl sites for hydroxylation is 1. The second-order valence-electron chi connectivity index (χ2n) is 3.93. The summed E-state index contributed by atoms with van der Waals surface area (Å²) in [4.78, 5) is 15.1. The highest BCUT2D eigenvalue weighted by atomic mass is 16.3. The van der Waals surface area contributed by atoms with Gasteiger partial charge in [0, 0.05) is 31.3 Å². The number of amides is 1. The molecule has 0 aliphatic rings. The molecule has 2 heterocycles. The molecule has 94 valence electrons. The van der Waals surface area contributed by atoms with E-state index in [1.165, 1.54) is 6.92 Å². The van der Waals surface area contributed by atoms with Gasteiger partial charge >= 0.3 is 0 Å². The molecule has 0 saturated heterocycles. The van der Waals surface area contributed by atoms with Gasteiger partial charge in [-0.2, -0.15) is 5.10 Å². The van der Waals surface area contributed by atoms with E-state index in [1.807, 2.05) is 13.2 Å². The lowest BCUT2D eigenvalue weighted by Gasteiger charge is -2.07. The molecule has 0 aromatic carbocycles. The zero-order valence-electron chi connectivity index (χ0n) is 10.2. The first kappa shape index (κ1) is 12.3. The van der Waals surface area contributed by atoms with Crippen molar-refractivity contribution >= 4 is 11.7 Å². The van der Waals surface area contributed by atoms with Crippen molar-refractivity contribution in [2.24, 2.45) is 7.05 Å². The first-order valence-corrected chi connectivity index (χ1v) is 5.47. The fourth-order valence-corrected chi connectivity index (χ4v) is 1.69. The summed E-state index contributed by atoms with van der Waals surface area (Å²) in [6, 6.07) is 3.50. The minimum Gasteiger partial charge on any atom is -0.390 e. The van der Waals surface area contributed by atoms with Crippen LogP contribution in [0, 0.1) is 0 Å². The third kappa shape index (κ3) is 2.54. The minimum absolute atomic E-state index is 0.194. The van der Waals surface area contributed by atoms with Crippen molar-refractivity contribution in [2.75, 3.05) is 5.32 Å². The summed E-state index contributed by atoms with van der Waals surface area (Å²) in [6.45, 7) is 1.22. The van der Waals surface area contributed by atoms with Gasteiger partial charge in [0.2, 0.25) is 5.91 Å². The number of carbonyl (C=O) groups is 1. The van der Waals surface area contributed by atoms with E-state index in [4.69, 9.17) is 0 Å². The highest BCUT2D eigenvalue weighted by molar-refractivity contribution is 5.87. The van der Waals surface area contributed by atoms with E-state index in [0.717, 1.165) is 11.1 Å². The van der Waals surface area contributed by atoms with Crippen molar-refractivity contribution in [1.29, 1.82) is 0 Å². The Morgan fingerprint density at radius 3 is 2.83 bits per heavy atom. The van der Waals surface area contributed by atoms with Crippen LogP contribution in [0.5, 0.6) is 0 Å². The summed E-state index contributed by atoms with van der Waals surface area (Å²) in [7, 11) is 1.82. The van der Waals surface area contributed by atoms with Crippen LogP contribution in [0.25, 0.3) is 11.1 Å². The molecule has 0 fully saturated rings. The van der Waals surface area contributed by atoms with Crippen LogP contribution in [-0.2, 0) is 18.4 Å². The van der Waals surface area contributed by atoms with E-state index in [9.17, 15) is 9.90 Å². The smallest absolute Gasteiger partial charge is 0.222 e. The van der Waals surface area contributed by atoms with Crippen LogP contribution >= 0.6 is 0 Å². The highest BCUT2D eigenvalue weighted by Gasteiger charge is 2.09. The van der Waals surface area contributed by atoms with Crippen LogP contribution in [0.2, 0.25) is 0 Å². The van der Waals surface area contributed by atoms with Crippen molar-refractivity contribution in [3.8, 4) is 11.1 Å². The zero-order chi connectivity index (χ0) is 13.1. The molecule has 6 heteroatoms. The number of carbonyl (C=O) groups excluding carboxylic acids is 1. The highest BCUT2D eigenvalue weighted by Crippen LogP contribution is 2.23. The molecular weight excluding hydrogens is 232 g/mol. The van der Waals surface area contributed by atoms with E-state index < -0.39 is 0 Å². The molecule has 0 aliphatic heterocycles. The number of aliphatic hydroxyl groups is 1. The van der Waals surface area contributed by atoms with Crippen molar-refractivity contribution in [3.05, 3.63) is 30.2 Å². The molecule has 0 atom stereocenters. The molecule has 1 amide bonds. The largest absolute Gasteiger partial charge is 0.390 e. The molecule has 0 aliphatic carbocycles. The third-order valence-electron chi connectivity index (χ3n) is 2.44. The number of pyridine rings is 1. The van der Waals surface area contributed by atoms with Gasteiger partial charge in [-0.25, -0.2) is 4.98 Å². The number of anilines is 1. The van der Waals surface area contributed by atoms with E-state index in [2.05, 4.69) is 15.4 Å². The third-order valence-corrected chi connectivity index (χ3v) is 2.44. The van der Waals surface area contributed by atoms with E-state index in [-0.39, 0.29) is 12.5 Å². The Balaban J connectivity index is 2.40. The molecule has 2 rings (SSSR count). The number of aliphatic hydroxyl groups excluding tert-OH is 1. The van der Waals surface area contributed by atoms with Crippen LogP contribution in [0.3, 0.4) is 0 Å². The number of aromatic nitrogens is 3. The van der Waals surface area contributed by atoms with Crippen LogP contribution < -0.4 is 5.32 Å². The lowest BCUT2D eigenvalue weighted by Crippen LogP contribution is -2.08. The maximum absolute atomic E-state index is 10.9. The molecule has 0 radical (unpaired) electrons. The average molecular weight is 246 g/mol. The Bertz CT molecular complexity index is 577. The predicted molar refractivity (Wildman–Crippen MR) is 66.7 cm³/mol. The van der Waals surface area contributed by atoms with Crippen LogP contribution in [0.15, 0.2) is 24.5 Å². The van der Waals surface area contributed by atoms with Gasteiger partial charge in [0.25, 0.3) is 0 Å². The van der Waals surface area contributed by atoms with Gasteiger partial charge in [0.1, 0.15) is 5.82 Å². The second kappa shape index (κ2) is 4.97. The van der Waals surface area contributed by atoms with Crippen molar-refractivity contribution in [3.63, 3.8) is 0 Å². The molecule has 18 heavy (non-hydrogen) atoms. The topological polar surface area (TPSA) is 80.0 Å². The first-order valence-electron chi connectivity index (χ1n) is 5.47. The predicted octanol–water partition coefficient (Wildman–Crippen LogP) is 0.933. The Hall–Kier alpha value is -2.21. The molecule has 2 N–H and O–H groups in total. The number of hydrogen-bond donors (Lipinski definition) is 2. The molecule has 0 spiro atoms. The fourth-order valence-electron chi connectivity index (χ4n) is 1.69. The Morgan fingerprint density at radius 2 is 2.28 bits per heavy atom. The standard InChI is InChI=1S/C12H14N4O2/c1-8(18)14-12-4-3-10(11(7-17)15-12)9-5-13-16(2)6-9/h3-6,17H,7H2,1-2H3,(H,14,15,18). The molecular formula is C12H14N4O2. The number of rotatable bonds is 3. The van der Waals surface area contributed by atoms with Crippen molar-refractivity contribution in [2.45, 2.75) is 13.5 Å². The van der Waals surface area contributed by atoms with Gasteiger partial charge < -0.3 is 10.4 Å². The quantitative estimate of drug-likeness (QED) is 0.844. The summed E-state index contributed by atoms with van der Waals surface area (Å²) in [5.74, 6) is 0.236. The summed E-state index contributed by atoms with van der Waals surface area (Å²) in [5.41, 5.74) is 2.19. The lowest BCUT2D eigenvalue weighted by molar-refractivity contribution is -0.114. The normalized spacial score (nSPS) is 10.4.